The summed E-state index contributed by atoms with van der Waals surface area (Å²) >= 11 is 6.40. The zero-order valence-electron chi connectivity index (χ0n) is 16.5. The number of aromatic nitrogens is 1. The van der Waals surface area contributed by atoms with E-state index in [0.717, 1.165) is 30.3 Å². The van der Waals surface area contributed by atoms with Crippen LogP contribution in [0, 0.1) is 11.8 Å². The predicted octanol–water partition coefficient (Wildman–Crippen LogP) is 2.36. The van der Waals surface area contributed by atoms with E-state index < -0.39 is 0 Å². The van der Waals surface area contributed by atoms with E-state index in [9.17, 15) is 9.90 Å². The summed E-state index contributed by atoms with van der Waals surface area (Å²) in [7, 11) is 4.02. The molecule has 0 bridgehead atoms. The maximum atomic E-state index is 13.3. The highest BCUT2D eigenvalue weighted by Gasteiger charge is 2.44. The fourth-order valence-electron chi connectivity index (χ4n) is 4.63. The van der Waals surface area contributed by atoms with Gasteiger partial charge in [-0.25, -0.2) is 0 Å². The van der Waals surface area contributed by atoms with E-state index in [-0.39, 0.29) is 24.5 Å². The van der Waals surface area contributed by atoms with Crippen molar-refractivity contribution >= 4 is 34.9 Å². The number of pyridine rings is 1. The number of carboxylic acid groups (broad SMARTS) is 1. The highest BCUT2D eigenvalue weighted by atomic mass is 35.5. The van der Waals surface area contributed by atoms with Crippen molar-refractivity contribution in [3.8, 4) is 0 Å². The van der Waals surface area contributed by atoms with Crippen LogP contribution in [0.25, 0.3) is 10.9 Å². The largest absolute Gasteiger partial charge is 0.483 e. The summed E-state index contributed by atoms with van der Waals surface area (Å²) in [6.07, 6.45) is 3.07. The Labute approximate surface area is 174 Å². The first-order valence-corrected chi connectivity index (χ1v) is 10.00. The summed E-state index contributed by atoms with van der Waals surface area (Å²) in [6, 6.07) is 7.49. The standard InChI is InChI=1S/C20H24ClN3O2.CH2O2/c1-23(2)17-8-12-10-24(11-13(12)9-18(17)25)20(26)19-14-4-3-7-22-16(14)6-5-15(19)21;2-1-3/h3-7,12-13,17-18,25H,8-11H2,1-2H3;1H,(H,2,3)/t12-,13+,17-,18-;/m1./s1. The van der Waals surface area contributed by atoms with E-state index in [4.69, 9.17) is 21.5 Å². The number of fused-ring (bicyclic) bond motifs is 2. The Morgan fingerprint density at radius 1 is 1.24 bits per heavy atom. The quantitative estimate of drug-likeness (QED) is 0.726. The topological polar surface area (TPSA) is 94.0 Å². The SMILES string of the molecule is CN(C)[C@@H]1C[C@@H]2CN(C(=O)c3c(Cl)ccc4ncccc34)C[C@@H]2C[C@H]1O.O=CO. The Hall–Kier alpha value is -2.22. The molecule has 2 fully saturated rings. The summed E-state index contributed by atoms with van der Waals surface area (Å²) in [5, 5.41) is 18.6. The molecule has 0 unspecified atom stereocenters. The van der Waals surface area contributed by atoms with Gasteiger partial charge in [0.1, 0.15) is 0 Å². The number of hydrogen-bond acceptors (Lipinski definition) is 5. The number of benzene rings is 1. The van der Waals surface area contributed by atoms with Gasteiger partial charge in [0, 0.05) is 30.7 Å². The number of aliphatic hydroxyl groups excluding tert-OH is 1. The lowest BCUT2D eigenvalue weighted by Gasteiger charge is -2.38. The molecule has 1 amide bonds. The van der Waals surface area contributed by atoms with Crippen LogP contribution >= 0.6 is 11.6 Å². The molecule has 156 valence electrons. The van der Waals surface area contributed by atoms with Crippen molar-refractivity contribution in [1.82, 2.24) is 14.8 Å². The summed E-state index contributed by atoms with van der Waals surface area (Å²) in [4.78, 5) is 30.0. The minimum Gasteiger partial charge on any atom is -0.483 e. The van der Waals surface area contributed by atoms with Gasteiger partial charge in [-0.15, -0.1) is 0 Å². The number of carbonyl (C=O) groups excluding carboxylic acids is 1. The summed E-state index contributed by atoms with van der Waals surface area (Å²) in [6.45, 7) is 1.17. The van der Waals surface area contributed by atoms with Crippen LogP contribution in [0.2, 0.25) is 5.02 Å². The van der Waals surface area contributed by atoms with Gasteiger partial charge >= 0.3 is 0 Å². The van der Waals surface area contributed by atoms with Crippen molar-refractivity contribution < 1.29 is 19.8 Å². The highest BCUT2D eigenvalue weighted by Crippen LogP contribution is 2.39. The van der Waals surface area contributed by atoms with E-state index in [1.54, 1.807) is 12.3 Å². The van der Waals surface area contributed by atoms with Crippen LogP contribution in [0.15, 0.2) is 30.5 Å². The van der Waals surface area contributed by atoms with Gasteiger partial charge in [0.25, 0.3) is 12.4 Å². The zero-order chi connectivity index (χ0) is 21.1. The Morgan fingerprint density at radius 3 is 2.55 bits per heavy atom. The molecule has 2 heterocycles. The number of likely N-dealkylation sites (tertiary alicyclic amines) is 1. The van der Waals surface area contributed by atoms with Crippen LogP contribution in [0.5, 0.6) is 0 Å². The predicted molar refractivity (Wildman–Crippen MR) is 111 cm³/mol. The molecular weight excluding hydrogens is 394 g/mol. The molecule has 1 aliphatic heterocycles. The van der Waals surface area contributed by atoms with Gasteiger partial charge < -0.3 is 20.0 Å². The van der Waals surface area contributed by atoms with E-state index in [2.05, 4.69) is 9.88 Å². The molecule has 7 nitrogen and oxygen atoms in total. The first-order valence-electron chi connectivity index (χ1n) is 9.62. The number of halogens is 1. The van der Waals surface area contributed by atoms with Gasteiger partial charge in [-0.3, -0.25) is 14.6 Å². The molecule has 1 aromatic heterocycles. The first-order chi connectivity index (χ1) is 13.9. The molecule has 0 radical (unpaired) electrons. The molecule has 1 saturated carbocycles. The number of likely N-dealkylation sites (N-methyl/N-ethyl adjacent to an activating group) is 1. The van der Waals surface area contributed by atoms with Crippen LogP contribution in [-0.4, -0.2) is 76.7 Å². The Bertz CT molecular complexity index is 891. The molecule has 29 heavy (non-hydrogen) atoms. The third-order valence-corrected chi connectivity index (χ3v) is 6.32. The summed E-state index contributed by atoms with van der Waals surface area (Å²) in [5.41, 5.74) is 1.32. The molecule has 2 N–H and O–H groups in total. The summed E-state index contributed by atoms with van der Waals surface area (Å²) < 4.78 is 0. The summed E-state index contributed by atoms with van der Waals surface area (Å²) in [5.74, 6) is 0.762. The first kappa shape index (κ1) is 21.5. The molecule has 1 aromatic carbocycles. The number of nitrogens with zero attached hydrogens (tertiary/aromatic N) is 3. The average molecular weight is 420 g/mol. The van der Waals surface area contributed by atoms with Crippen molar-refractivity contribution in [2.45, 2.75) is 25.0 Å². The van der Waals surface area contributed by atoms with E-state index in [0.29, 0.717) is 29.0 Å². The van der Waals surface area contributed by atoms with Crippen molar-refractivity contribution in [1.29, 1.82) is 0 Å². The Kier molecular flexibility index (Phi) is 6.72. The lowest BCUT2D eigenvalue weighted by molar-refractivity contribution is -0.122. The lowest BCUT2D eigenvalue weighted by atomic mass is 9.77. The molecule has 2 aliphatic rings. The van der Waals surface area contributed by atoms with Gasteiger partial charge in [-0.05, 0) is 57.0 Å². The number of carbonyl (C=O) groups is 2. The lowest BCUT2D eigenvalue weighted by Crippen LogP contribution is -2.46. The van der Waals surface area contributed by atoms with E-state index in [1.807, 2.05) is 37.2 Å². The van der Waals surface area contributed by atoms with Gasteiger partial charge in [-0.1, -0.05) is 17.7 Å². The third kappa shape index (κ3) is 4.37. The Morgan fingerprint density at radius 2 is 1.90 bits per heavy atom. The molecule has 4 rings (SSSR count). The number of rotatable bonds is 2. The van der Waals surface area contributed by atoms with Gasteiger partial charge in [0.05, 0.1) is 22.2 Å². The normalized spacial score (nSPS) is 26.0. The minimum atomic E-state index is -0.327. The Balaban J connectivity index is 0.000000755. The molecule has 2 aromatic rings. The fourth-order valence-corrected chi connectivity index (χ4v) is 4.88. The van der Waals surface area contributed by atoms with Crippen molar-refractivity contribution in [3.05, 3.63) is 41.0 Å². The fraction of sp³-hybridized carbons (Fsp3) is 0.476. The number of hydrogen-bond donors (Lipinski definition) is 2. The second-order valence-corrected chi connectivity index (χ2v) is 8.31. The van der Waals surface area contributed by atoms with Crippen molar-refractivity contribution in [2.75, 3.05) is 27.2 Å². The van der Waals surface area contributed by atoms with Crippen LogP contribution in [0.3, 0.4) is 0 Å². The van der Waals surface area contributed by atoms with Crippen molar-refractivity contribution in [2.24, 2.45) is 11.8 Å². The maximum absolute atomic E-state index is 13.3. The number of aliphatic hydroxyl groups is 1. The van der Waals surface area contributed by atoms with E-state index in [1.165, 1.54) is 0 Å². The monoisotopic (exact) mass is 419 g/mol. The molecule has 1 aliphatic carbocycles. The van der Waals surface area contributed by atoms with Crippen LogP contribution in [0.1, 0.15) is 23.2 Å². The highest BCUT2D eigenvalue weighted by molar-refractivity contribution is 6.35. The number of amides is 1. The molecule has 1 saturated heterocycles. The molecular formula is C21H26ClN3O4. The molecule has 0 spiro atoms. The van der Waals surface area contributed by atoms with Gasteiger partial charge in [-0.2, -0.15) is 0 Å². The zero-order valence-corrected chi connectivity index (χ0v) is 17.3. The smallest absolute Gasteiger partial charge is 0.290 e. The van der Waals surface area contributed by atoms with Crippen LogP contribution in [0.4, 0.5) is 0 Å². The van der Waals surface area contributed by atoms with Crippen LogP contribution in [-0.2, 0) is 4.79 Å². The second kappa shape index (κ2) is 9.07. The van der Waals surface area contributed by atoms with Gasteiger partial charge in [0.2, 0.25) is 0 Å². The maximum Gasteiger partial charge on any atom is 0.290 e. The third-order valence-electron chi connectivity index (χ3n) is 6.01. The van der Waals surface area contributed by atoms with Crippen molar-refractivity contribution in [3.63, 3.8) is 0 Å². The van der Waals surface area contributed by atoms with Crippen LogP contribution < -0.4 is 0 Å². The molecule has 4 atom stereocenters. The minimum absolute atomic E-state index is 0.0288. The molecule has 8 heteroatoms. The van der Waals surface area contributed by atoms with E-state index >= 15 is 0 Å². The average Bonchev–Trinajstić information content (AvgIpc) is 3.10. The second-order valence-electron chi connectivity index (χ2n) is 7.90. The van der Waals surface area contributed by atoms with Gasteiger partial charge in [0.15, 0.2) is 0 Å².